The predicted molar refractivity (Wildman–Crippen MR) is 93.0 cm³/mol. The van der Waals surface area contributed by atoms with Crippen LogP contribution in [0.1, 0.15) is 31.1 Å². The molecule has 0 aliphatic carbocycles. The second kappa shape index (κ2) is 7.16. The molecule has 0 unspecified atom stereocenters. The number of rotatable bonds is 2. The molecule has 0 N–H and O–H groups in total. The summed E-state index contributed by atoms with van der Waals surface area (Å²) in [6.07, 6.45) is -0.331. The van der Waals surface area contributed by atoms with Gasteiger partial charge in [0, 0.05) is 33.2 Å². The molecule has 1 fully saturated rings. The first kappa shape index (κ1) is 18.8. The minimum Gasteiger partial charge on any atom is -0.465 e. The summed E-state index contributed by atoms with van der Waals surface area (Å²) in [5.74, 6) is 0.0448. The summed E-state index contributed by atoms with van der Waals surface area (Å²) in [7, 11) is 2.86. The lowest BCUT2D eigenvalue weighted by Gasteiger charge is -2.37. The number of carbonyl (C=O) groups is 2. The quantitative estimate of drug-likeness (QED) is 0.746. The molecule has 1 saturated heterocycles. The van der Waals surface area contributed by atoms with Crippen molar-refractivity contribution in [2.24, 2.45) is 7.05 Å². The summed E-state index contributed by atoms with van der Waals surface area (Å²) in [5, 5.41) is 0. The Kier molecular flexibility index (Phi) is 5.39. The lowest BCUT2D eigenvalue weighted by atomic mass is 10.2. The van der Waals surface area contributed by atoms with E-state index in [1.165, 1.54) is 17.7 Å². The van der Waals surface area contributed by atoms with Gasteiger partial charge in [0.25, 0.3) is 5.56 Å². The van der Waals surface area contributed by atoms with Gasteiger partial charge in [-0.3, -0.25) is 9.36 Å². The maximum absolute atomic E-state index is 12.3. The van der Waals surface area contributed by atoms with Crippen LogP contribution in [0.3, 0.4) is 0 Å². The zero-order valence-electron chi connectivity index (χ0n) is 15.4. The van der Waals surface area contributed by atoms with Gasteiger partial charge in [0.2, 0.25) is 0 Å². The molecule has 0 bridgehead atoms. The zero-order valence-corrected chi connectivity index (χ0v) is 15.4. The van der Waals surface area contributed by atoms with Crippen LogP contribution in [-0.2, 0) is 16.5 Å². The molecule has 1 aromatic heterocycles. The van der Waals surface area contributed by atoms with Gasteiger partial charge in [-0.1, -0.05) is 0 Å². The molecule has 0 aromatic carbocycles. The maximum Gasteiger partial charge on any atom is 0.410 e. The highest BCUT2D eigenvalue weighted by Gasteiger charge is 2.27. The normalized spacial score (nSPS) is 15.1. The molecule has 0 radical (unpaired) electrons. The van der Waals surface area contributed by atoms with Gasteiger partial charge in [-0.05, 0) is 32.9 Å². The van der Waals surface area contributed by atoms with Gasteiger partial charge in [-0.25, -0.2) is 9.59 Å². The van der Waals surface area contributed by atoms with E-state index < -0.39 is 17.1 Å². The van der Waals surface area contributed by atoms with Crippen LogP contribution >= 0.6 is 0 Å². The molecule has 1 amide bonds. The number of methoxy groups -OCH3 is 1. The third-order valence-electron chi connectivity index (χ3n) is 3.94. The highest BCUT2D eigenvalue weighted by atomic mass is 16.6. The van der Waals surface area contributed by atoms with Gasteiger partial charge in [0.05, 0.1) is 7.11 Å². The molecule has 8 nitrogen and oxygen atoms in total. The van der Waals surface area contributed by atoms with Crippen molar-refractivity contribution in [1.82, 2.24) is 9.47 Å². The molecule has 0 atom stereocenters. The van der Waals surface area contributed by atoms with Crippen molar-refractivity contribution < 1.29 is 19.1 Å². The van der Waals surface area contributed by atoms with Gasteiger partial charge in [-0.15, -0.1) is 0 Å². The summed E-state index contributed by atoms with van der Waals surface area (Å²) in [5.41, 5.74) is -0.929. The third-order valence-corrected chi connectivity index (χ3v) is 3.94. The molecule has 2 heterocycles. The molecular formula is C17H25N3O5. The SMILES string of the molecule is COC(=O)c1ccc(N2CCN(C(=O)OC(C)(C)C)CC2)n(C)c1=O. The van der Waals surface area contributed by atoms with Crippen LogP contribution in [-0.4, -0.2) is 60.4 Å². The summed E-state index contributed by atoms with van der Waals surface area (Å²) in [6.45, 7) is 7.65. The standard InChI is InChI=1S/C17H25N3O5/c1-17(2,3)25-16(23)20-10-8-19(9-11-20)13-7-6-12(15(22)24-5)14(21)18(13)4/h6-7H,8-11H2,1-5H3. The van der Waals surface area contributed by atoms with Crippen LogP contribution in [0.25, 0.3) is 0 Å². The number of carbonyl (C=O) groups excluding carboxylic acids is 2. The minimum absolute atomic E-state index is 0.00106. The summed E-state index contributed by atoms with van der Waals surface area (Å²) in [4.78, 5) is 39.7. The van der Waals surface area contributed by atoms with E-state index in [1.807, 2.05) is 25.7 Å². The number of anilines is 1. The third kappa shape index (κ3) is 4.32. The van der Waals surface area contributed by atoms with Crippen molar-refractivity contribution in [3.05, 3.63) is 28.0 Å². The Balaban J connectivity index is 2.09. The Morgan fingerprint density at radius 1 is 1.08 bits per heavy atom. The van der Waals surface area contributed by atoms with Gasteiger partial charge in [-0.2, -0.15) is 0 Å². The average Bonchev–Trinajstić information content (AvgIpc) is 2.55. The second-order valence-corrected chi connectivity index (χ2v) is 6.92. The molecule has 2 rings (SSSR count). The summed E-state index contributed by atoms with van der Waals surface area (Å²) < 4.78 is 11.4. The van der Waals surface area contributed by atoms with Gasteiger partial charge in [0.1, 0.15) is 17.0 Å². The van der Waals surface area contributed by atoms with Crippen molar-refractivity contribution >= 4 is 17.9 Å². The van der Waals surface area contributed by atoms with Crippen LogP contribution in [0.2, 0.25) is 0 Å². The lowest BCUT2D eigenvalue weighted by molar-refractivity contribution is 0.0240. The van der Waals surface area contributed by atoms with Crippen molar-refractivity contribution in [3.8, 4) is 0 Å². The van der Waals surface area contributed by atoms with Gasteiger partial charge >= 0.3 is 12.1 Å². The van der Waals surface area contributed by atoms with Crippen molar-refractivity contribution in [2.45, 2.75) is 26.4 Å². The van der Waals surface area contributed by atoms with Crippen LogP contribution in [0.15, 0.2) is 16.9 Å². The number of esters is 1. The highest BCUT2D eigenvalue weighted by Crippen LogP contribution is 2.17. The molecule has 1 aliphatic heterocycles. The van der Waals surface area contributed by atoms with Crippen LogP contribution in [0, 0.1) is 0 Å². The van der Waals surface area contributed by atoms with Crippen LogP contribution in [0.5, 0.6) is 0 Å². The Hall–Kier alpha value is -2.51. The number of piperazine rings is 1. The molecule has 1 aliphatic rings. The van der Waals surface area contributed by atoms with E-state index in [9.17, 15) is 14.4 Å². The second-order valence-electron chi connectivity index (χ2n) is 6.92. The van der Waals surface area contributed by atoms with Crippen molar-refractivity contribution in [2.75, 3.05) is 38.2 Å². The molecule has 0 spiro atoms. The van der Waals surface area contributed by atoms with Gasteiger partial charge in [0.15, 0.2) is 0 Å². The smallest absolute Gasteiger partial charge is 0.410 e. The number of nitrogens with zero attached hydrogens (tertiary/aromatic N) is 3. The Labute approximate surface area is 146 Å². The first-order valence-electron chi connectivity index (χ1n) is 8.15. The predicted octanol–water partition coefficient (Wildman–Crippen LogP) is 1.23. The Morgan fingerprint density at radius 3 is 2.20 bits per heavy atom. The summed E-state index contributed by atoms with van der Waals surface area (Å²) >= 11 is 0. The van der Waals surface area contributed by atoms with E-state index in [0.29, 0.717) is 32.0 Å². The highest BCUT2D eigenvalue weighted by molar-refractivity contribution is 5.89. The van der Waals surface area contributed by atoms with E-state index in [4.69, 9.17) is 4.74 Å². The monoisotopic (exact) mass is 351 g/mol. The summed E-state index contributed by atoms with van der Waals surface area (Å²) in [6, 6.07) is 3.19. The molecule has 138 valence electrons. The van der Waals surface area contributed by atoms with E-state index in [0.717, 1.165) is 0 Å². The van der Waals surface area contributed by atoms with E-state index in [-0.39, 0.29) is 11.7 Å². The lowest BCUT2D eigenvalue weighted by Crippen LogP contribution is -2.51. The van der Waals surface area contributed by atoms with Crippen LogP contribution < -0.4 is 10.5 Å². The topological polar surface area (TPSA) is 81.1 Å². The fourth-order valence-electron chi connectivity index (χ4n) is 2.65. The number of hydrogen-bond donors (Lipinski definition) is 0. The Bertz CT molecular complexity index is 712. The first-order valence-corrected chi connectivity index (χ1v) is 8.15. The minimum atomic E-state index is -0.651. The molecule has 0 saturated carbocycles. The van der Waals surface area contributed by atoms with Crippen LogP contribution in [0.4, 0.5) is 10.6 Å². The average molecular weight is 351 g/mol. The first-order chi connectivity index (χ1) is 11.6. The number of ether oxygens (including phenoxy) is 2. The number of aromatic nitrogens is 1. The fourth-order valence-corrected chi connectivity index (χ4v) is 2.65. The molecule has 25 heavy (non-hydrogen) atoms. The zero-order chi connectivity index (χ0) is 18.8. The number of pyridine rings is 1. The maximum atomic E-state index is 12.3. The van der Waals surface area contributed by atoms with E-state index in [2.05, 4.69) is 4.74 Å². The van der Waals surface area contributed by atoms with Crippen molar-refractivity contribution in [1.29, 1.82) is 0 Å². The van der Waals surface area contributed by atoms with E-state index in [1.54, 1.807) is 18.0 Å². The fraction of sp³-hybridized carbons (Fsp3) is 0.588. The number of hydrogen-bond acceptors (Lipinski definition) is 6. The largest absolute Gasteiger partial charge is 0.465 e. The molecular weight excluding hydrogens is 326 g/mol. The number of amides is 1. The van der Waals surface area contributed by atoms with Gasteiger partial charge < -0.3 is 19.3 Å². The Morgan fingerprint density at radius 2 is 1.68 bits per heavy atom. The van der Waals surface area contributed by atoms with E-state index >= 15 is 0 Å². The molecule has 1 aromatic rings. The molecule has 8 heteroatoms. The van der Waals surface area contributed by atoms with Crippen molar-refractivity contribution in [3.63, 3.8) is 0 Å².